The summed E-state index contributed by atoms with van der Waals surface area (Å²) in [6.45, 7) is 13.9. The molecule has 0 saturated carbocycles. The van der Waals surface area contributed by atoms with Crippen molar-refractivity contribution in [1.82, 2.24) is 19.2 Å². The largest absolute Gasteiger partial charge is 0.401 e. The summed E-state index contributed by atoms with van der Waals surface area (Å²) in [6.07, 6.45) is -3.49. The summed E-state index contributed by atoms with van der Waals surface area (Å²) >= 11 is 0. The number of sulfonamides is 2. The van der Waals surface area contributed by atoms with Gasteiger partial charge in [-0.05, 0) is 84.7 Å². The molecule has 4 rings (SSSR count). The second-order valence-electron chi connectivity index (χ2n) is 15.8. The minimum absolute atomic E-state index is 0.0160. The molecule has 18 heteroatoms. The number of rotatable bonds is 15. The van der Waals surface area contributed by atoms with Gasteiger partial charge in [-0.3, -0.25) is 9.80 Å². The normalized spacial score (nSPS) is 17.5. The van der Waals surface area contributed by atoms with E-state index < -0.39 is 61.1 Å². The van der Waals surface area contributed by atoms with Gasteiger partial charge in [-0.2, -0.15) is 13.2 Å². The molecule has 308 valence electrons. The predicted molar refractivity (Wildman–Crippen MR) is 206 cm³/mol. The van der Waals surface area contributed by atoms with Gasteiger partial charge in [0.25, 0.3) is 0 Å². The molecule has 0 aliphatic carbocycles. The highest BCUT2D eigenvalue weighted by Gasteiger charge is 2.43. The SMILES string of the molecule is CC(C)c1cc(F)cc(C(C)CCC(C)c2cccc(C(C)C)c2NC(=O)NS(=O)(=O)C2CN(C(C)C)C2)c1NC(=O)NS(=O)(=O)C1CN(CC(F)(F)F)C1. The van der Waals surface area contributed by atoms with Crippen LogP contribution in [-0.4, -0.2) is 94.1 Å². The molecule has 2 aliphatic heterocycles. The summed E-state index contributed by atoms with van der Waals surface area (Å²) in [4.78, 5) is 29.2. The van der Waals surface area contributed by atoms with E-state index in [9.17, 15) is 39.6 Å². The molecule has 4 amide bonds. The van der Waals surface area contributed by atoms with E-state index in [1.807, 2.05) is 69.4 Å². The number of likely N-dealkylation sites (tertiary alicyclic amines) is 2. The Labute approximate surface area is 322 Å². The average Bonchev–Trinajstić information content (AvgIpc) is 2.99. The second-order valence-corrected chi connectivity index (χ2v) is 19.7. The number of alkyl halides is 3. The second kappa shape index (κ2) is 17.3. The smallest absolute Gasteiger partial charge is 0.307 e. The molecule has 55 heavy (non-hydrogen) atoms. The summed E-state index contributed by atoms with van der Waals surface area (Å²) in [5, 5.41) is 3.50. The van der Waals surface area contributed by atoms with Crippen LogP contribution in [0.4, 0.5) is 38.5 Å². The molecule has 2 atom stereocenters. The van der Waals surface area contributed by atoms with Crippen LogP contribution < -0.4 is 20.1 Å². The Morgan fingerprint density at radius 2 is 1.15 bits per heavy atom. The van der Waals surface area contributed by atoms with Gasteiger partial charge in [0.15, 0.2) is 0 Å². The topological polar surface area (TPSA) is 157 Å². The number of hydrogen-bond donors (Lipinski definition) is 4. The lowest BCUT2D eigenvalue weighted by Gasteiger charge is -2.41. The minimum atomic E-state index is -4.48. The van der Waals surface area contributed by atoms with Crippen LogP contribution in [0.3, 0.4) is 0 Å². The number of urea groups is 2. The molecule has 2 fully saturated rings. The number of hydrogen-bond acceptors (Lipinski definition) is 8. The van der Waals surface area contributed by atoms with E-state index in [-0.39, 0.29) is 48.5 Å². The van der Waals surface area contributed by atoms with Gasteiger partial charge in [0.1, 0.15) is 16.3 Å². The van der Waals surface area contributed by atoms with Crippen molar-refractivity contribution < 1.29 is 44.0 Å². The molecule has 2 aromatic carbocycles. The van der Waals surface area contributed by atoms with Gasteiger partial charge in [-0.15, -0.1) is 0 Å². The van der Waals surface area contributed by atoms with Crippen LogP contribution in [0, 0.1) is 5.82 Å². The van der Waals surface area contributed by atoms with Crippen LogP contribution in [0.15, 0.2) is 30.3 Å². The highest BCUT2D eigenvalue weighted by Crippen LogP contribution is 2.39. The van der Waals surface area contributed by atoms with Gasteiger partial charge in [0, 0.05) is 43.6 Å². The summed E-state index contributed by atoms with van der Waals surface area (Å²) in [5.74, 6) is -1.39. The predicted octanol–water partition coefficient (Wildman–Crippen LogP) is 7.00. The van der Waals surface area contributed by atoms with Crippen molar-refractivity contribution in [2.75, 3.05) is 43.4 Å². The Bertz CT molecular complexity index is 1930. The average molecular weight is 819 g/mol. The van der Waals surface area contributed by atoms with E-state index in [0.29, 0.717) is 42.7 Å². The quantitative estimate of drug-likeness (QED) is 0.140. The number of amides is 4. The molecule has 4 N–H and O–H groups in total. The molecule has 2 aromatic rings. The highest BCUT2D eigenvalue weighted by molar-refractivity contribution is 7.91. The van der Waals surface area contributed by atoms with E-state index in [2.05, 4.69) is 15.4 Å². The zero-order chi connectivity index (χ0) is 41.2. The van der Waals surface area contributed by atoms with Gasteiger partial charge in [-0.25, -0.2) is 40.3 Å². The Morgan fingerprint density at radius 1 is 0.709 bits per heavy atom. The molecule has 2 heterocycles. The third-order valence-electron chi connectivity index (χ3n) is 10.4. The Morgan fingerprint density at radius 3 is 1.62 bits per heavy atom. The van der Waals surface area contributed by atoms with E-state index in [4.69, 9.17) is 0 Å². The number of carbonyl (C=O) groups is 2. The summed E-state index contributed by atoms with van der Waals surface area (Å²) < 4.78 is 109. The molecule has 0 aromatic heterocycles. The Kier molecular flexibility index (Phi) is 13.9. The molecular weight excluding hydrogens is 765 g/mol. The Balaban J connectivity index is 1.49. The molecule has 0 bridgehead atoms. The van der Waals surface area contributed by atoms with Crippen LogP contribution in [0.1, 0.15) is 114 Å². The maximum atomic E-state index is 15.1. The van der Waals surface area contributed by atoms with E-state index >= 15 is 4.39 Å². The van der Waals surface area contributed by atoms with Crippen molar-refractivity contribution in [3.8, 4) is 0 Å². The number of halogens is 4. The van der Waals surface area contributed by atoms with Crippen molar-refractivity contribution in [3.05, 3.63) is 58.4 Å². The molecule has 2 aliphatic rings. The maximum Gasteiger partial charge on any atom is 0.401 e. The van der Waals surface area contributed by atoms with Crippen LogP contribution in [0.2, 0.25) is 0 Å². The van der Waals surface area contributed by atoms with E-state index in [0.717, 1.165) is 16.0 Å². The van der Waals surface area contributed by atoms with Crippen LogP contribution in [0.5, 0.6) is 0 Å². The lowest BCUT2D eigenvalue weighted by Crippen LogP contribution is -2.60. The molecule has 0 radical (unpaired) electrons. The summed E-state index contributed by atoms with van der Waals surface area (Å²) in [7, 11) is -8.23. The van der Waals surface area contributed by atoms with Gasteiger partial charge in [0.2, 0.25) is 20.0 Å². The maximum absolute atomic E-state index is 15.1. The summed E-state index contributed by atoms with van der Waals surface area (Å²) in [5.41, 5.74) is 3.18. The number of benzene rings is 2. The number of carbonyl (C=O) groups excluding carboxylic acids is 2. The lowest BCUT2D eigenvalue weighted by molar-refractivity contribution is -0.152. The number of nitrogens with zero attached hydrogens (tertiary/aromatic N) is 2. The first-order valence-corrected chi connectivity index (χ1v) is 21.6. The fourth-order valence-electron chi connectivity index (χ4n) is 6.97. The highest BCUT2D eigenvalue weighted by atomic mass is 32.2. The number of anilines is 2. The fraction of sp³-hybridized carbons (Fsp3) is 0.622. The van der Waals surface area contributed by atoms with E-state index in [1.165, 1.54) is 12.1 Å². The molecule has 2 unspecified atom stereocenters. The minimum Gasteiger partial charge on any atom is -0.307 e. The van der Waals surface area contributed by atoms with Crippen LogP contribution >= 0.6 is 0 Å². The van der Waals surface area contributed by atoms with Gasteiger partial charge in [0.05, 0.1) is 6.54 Å². The monoisotopic (exact) mass is 818 g/mol. The van der Waals surface area contributed by atoms with Gasteiger partial charge in [-0.1, -0.05) is 59.7 Å². The van der Waals surface area contributed by atoms with Crippen molar-refractivity contribution in [2.24, 2.45) is 0 Å². The van der Waals surface area contributed by atoms with Gasteiger partial charge < -0.3 is 10.6 Å². The van der Waals surface area contributed by atoms with Crippen molar-refractivity contribution in [1.29, 1.82) is 0 Å². The van der Waals surface area contributed by atoms with Crippen LogP contribution in [0.25, 0.3) is 0 Å². The van der Waals surface area contributed by atoms with Crippen LogP contribution in [-0.2, 0) is 20.0 Å². The standard InChI is InChI=1S/C37H54F4N6O6S2/c1-21(2)29-10-9-11-30(33(29)42-35(48)45-55(52,53)28-18-47(19-28)23(5)6)24(7)12-13-25(8)32-15-26(38)14-31(22(3)4)34(32)43-36(49)44-54(50,51)27-16-46(17-27)20-37(39,40)41/h9-11,14-15,21-25,27-28H,12-13,16-20H2,1-8H3,(H2,42,45,48)(H2,43,44,49). The lowest BCUT2D eigenvalue weighted by atomic mass is 9.84. The fourth-order valence-corrected chi connectivity index (χ4v) is 9.51. The first-order valence-electron chi connectivity index (χ1n) is 18.5. The van der Waals surface area contributed by atoms with Crippen molar-refractivity contribution in [2.45, 2.75) is 115 Å². The van der Waals surface area contributed by atoms with Crippen molar-refractivity contribution >= 4 is 43.5 Å². The Hall–Kier alpha value is -3.48. The van der Waals surface area contributed by atoms with Crippen molar-refractivity contribution in [3.63, 3.8) is 0 Å². The van der Waals surface area contributed by atoms with Gasteiger partial charge >= 0.3 is 18.2 Å². The molecule has 0 spiro atoms. The molecule has 12 nitrogen and oxygen atoms in total. The molecular formula is C37H54F4N6O6S2. The third kappa shape index (κ3) is 11.3. The zero-order valence-corrected chi connectivity index (χ0v) is 34.2. The molecule has 2 saturated heterocycles. The third-order valence-corrected chi connectivity index (χ3v) is 13.7. The zero-order valence-electron chi connectivity index (χ0n) is 32.6. The van der Waals surface area contributed by atoms with E-state index in [1.54, 1.807) is 13.8 Å². The number of para-hydroxylation sites is 1. The summed E-state index contributed by atoms with van der Waals surface area (Å²) in [6, 6.07) is 6.37. The first-order chi connectivity index (χ1) is 25.4. The number of nitrogens with one attached hydrogen (secondary N) is 4. The first kappa shape index (κ1) is 44.2.